The van der Waals surface area contributed by atoms with Gasteiger partial charge in [-0.2, -0.15) is 0 Å². The van der Waals surface area contributed by atoms with Gasteiger partial charge in [-0.25, -0.2) is 13.2 Å². The van der Waals surface area contributed by atoms with Crippen molar-refractivity contribution in [3.8, 4) is 0 Å². The van der Waals surface area contributed by atoms with Crippen molar-refractivity contribution < 1.29 is 22.5 Å². The predicted octanol–water partition coefficient (Wildman–Crippen LogP) is 3.37. The molecule has 0 unspecified atom stereocenters. The Balaban J connectivity index is 2.44. The standard InChI is InChI=1S/C14H18BF3O2/c1-8-10(6-9(12(17)18)7-11(8)16)15-19-13(2,3)14(4,5)20-15/h6-7,12H,1-5H3. The fourth-order valence-electron chi connectivity index (χ4n) is 2.06. The Bertz CT molecular complexity index is 513. The average Bonchev–Trinajstić information content (AvgIpc) is 2.51. The van der Waals surface area contributed by atoms with Crippen molar-refractivity contribution in [3.63, 3.8) is 0 Å². The molecular formula is C14H18BF3O2. The van der Waals surface area contributed by atoms with Gasteiger partial charge < -0.3 is 9.31 Å². The molecular weight excluding hydrogens is 268 g/mol. The molecule has 1 aromatic carbocycles. The van der Waals surface area contributed by atoms with E-state index in [1.54, 1.807) is 0 Å². The Morgan fingerprint density at radius 2 is 1.55 bits per heavy atom. The Hall–Kier alpha value is -1.01. The lowest BCUT2D eigenvalue weighted by atomic mass is 9.75. The molecule has 0 atom stereocenters. The van der Waals surface area contributed by atoms with Crippen molar-refractivity contribution in [2.45, 2.75) is 52.2 Å². The highest BCUT2D eigenvalue weighted by atomic mass is 19.3. The van der Waals surface area contributed by atoms with Crippen molar-refractivity contribution in [3.05, 3.63) is 29.1 Å². The molecule has 20 heavy (non-hydrogen) atoms. The van der Waals surface area contributed by atoms with Gasteiger partial charge in [-0.3, -0.25) is 0 Å². The summed E-state index contributed by atoms with van der Waals surface area (Å²) in [5.41, 5.74) is -0.965. The molecule has 1 saturated heterocycles. The number of halogens is 3. The predicted molar refractivity (Wildman–Crippen MR) is 71.8 cm³/mol. The SMILES string of the molecule is Cc1c(F)cc(C(F)F)cc1B1OC(C)(C)C(C)(C)O1. The van der Waals surface area contributed by atoms with E-state index in [2.05, 4.69) is 0 Å². The van der Waals surface area contributed by atoms with Crippen molar-refractivity contribution in [1.29, 1.82) is 0 Å². The molecule has 0 radical (unpaired) electrons. The first kappa shape index (κ1) is 15.4. The van der Waals surface area contributed by atoms with Gasteiger partial charge in [0.05, 0.1) is 11.2 Å². The summed E-state index contributed by atoms with van der Waals surface area (Å²) in [5.74, 6) is -0.674. The van der Waals surface area contributed by atoms with Crippen LogP contribution in [0.4, 0.5) is 13.2 Å². The number of alkyl halides is 2. The molecule has 110 valence electrons. The van der Waals surface area contributed by atoms with Crippen LogP contribution in [0.25, 0.3) is 0 Å². The highest BCUT2D eigenvalue weighted by molar-refractivity contribution is 6.62. The third-order valence-corrected chi connectivity index (χ3v) is 4.17. The van der Waals surface area contributed by atoms with Crippen LogP contribution in [0.2, 0.25) is 0 Å². The molecule has 0 spiro atoms. The molecule has 2 rings (SSSR count). The fourth-order valence-corrected chi connectivity index (χ4v) is 2.06. The normalized spacial score (nSPS) is 20.8. The van der Waals surface area contributed by atoms with E-state index < -0.39 is 30.6 Å². The maximum absolute atomic E-state index is 13.8. The molecule has 1 aliphatic rings. The Labute approximate surface area is 117 Å². The summed E-state index contributed by atoms with van der Waals surface area (Å²) in [6, 6.07) is 2.11. The van der Waals surface area contributed by atoms with Crippen LogP contribution in [-0.2, 0) is 9.31 Å². The second-order valence-electron chi connectivity index (χ2n) is 6.11. The van der Waals surface area contributed by atoms with Crippen LogP contribution in [0.5, 0.6) is 0 Å². The number of hydrogen-bond donors (Lipinski definition) is 0. The van der Waals surface area contributed by atoms with E-state index >= 15 is 0 Å². The van der Waals surface area contributed by atoms with Gasteiger partial charge in [0.15, 0.2) is 0 Å². The molecule has 0 amide bonds. The van der Waals surface area contributed by atoms with Gasteiger partial charge in [0.1, 0.15) is 5.82 Å². The van der Waals surface area contributed by atoms with Crippen LogP contribution >= 0.6 is 0 Å². The largest absolute Gasteiger partial charge is 0.495 e. The molecule has 6 heteroatoms. The molecule has 0 aromatic heterocycles. The monoisotopic (exact) mass is 286 g/mol. The third kappa shape index (κ3) is 2.47. The lowest BCUT2D eigenvalue weighted by Gasteiger charge is -2.32. The summed E-state index contributed by atoms with van der Waals surface area (Å²) in [4.78, 5) is 0. The van der Waals surface area contributed by atoms with Gasteiger partial charge in [0.2, 0.25) is 0 Å². The van der Waals surface area contributed by atoms with E-state index in [0.29, 0.717) is 5.46 Å². The quantitative estimate of drug-likeness (QED) is 0.776. The second-order valence-corrected chi connectivity index (χ2v) is 6.11. The first-order valence-corrected chi connectivity index (χ1v) is 6.49. The molecule has 1 aliphatic heterocycles. The summed E-state index contributed by atoms with van der Waals surface area (Å²) in [7, 11) is -0.840. The van der Waals surface area contributed by atoms with Crippen molar-refractivity contribution in [2.75, 3.05) is 0 Å². The second kappa shape index (κ2) is 4.77. The van der Waals surface area contributed by atoms with Crippen LogP contribution in [0, 0.1) is 12.7 Å². The van der Waals surface area contributed by atoms with Crippen molar-refractivity contribution >= 4 is 12.6 Å². The maximum atomic E-state index is 13.8. The third-order valence-electron chi connectivity index (χ3n) is 4.17. The maximum Gasteiger partial charge on any atom is 0.495 e. The molecule has 0 N–H and O–H groups in total. The van der Waals surface area contributed by atoms with Crippen molar-refractivity contribution in [2.24, 2.45) is 0 Å². The van der Waals surface area contributed by atoms with Crippen LogP contribution in [0.3, 0.4) is 0 Å². The smallest absolute Gasteiger partial charge is 0.399 e. The molecule has 0 bridgehead atoms. The van der Waals surface area contributed by atoms with Gasteiger partial charge in [0.25, 0.3) is 6.43 Å². The minimum Gasteiger partial charge on any atom is -0.399 e. The van der Waals surface area contributed by atoms with E-state index in [1.807, 2.05) is 27.7 Å². The van der Waals surface area contributed by atoms with Gasteiger partial charge in [-0.15, -0.1) is 0 Å². The first-order chi connectivity index (χ1) is 9.05. The molecule has 0 saturated carbocycles. The minimum atomic E-state index is -2.73. The van der Waals surface area contributed by atoms with Crippen LogP contribution in [-0.4, -0.2) is 18.3 Å². The van der Waals surface area contributed by atoms with Crippen LogP contribution in [0.15, 0.2) is 12.1 Å². The Morgan fingerprint density at radius 1 is 1.05 bits per heavy atom. The van der Waals surface area contributed by atoms with Crippen LogP contribution < -0.4 is 5.46 Å². The number of rotatable bonds is 2. The van der Waals surface area contributed by atoms with E-state index in [0.717, 1.165) is 6.07 Å². The highest BCUT2D eigenvalue weighted by Crippen LogP contribution is 2.37. The highest BCUT2D eigenvalue weighted by Gasteiger charge is 2.52. The molecule has 0 aliphatic carbocycles. The molecule has 2 nitrogen and oxygen atoms in total. The lowest BCUT2D eigenvalue weighted by Crippen LogP contribution is -2.41. The van der Waals surface area contributed by atoms with E-state index in [-0.39, 0.29) is 11.1 Å². The summed E-state index contributed by atoms with van der Waals surface area (Å²) >= 11 is 0. The minimum absolute atomic E-state index is 0.271. The summed E-state index contributed by atoms with van der Waals surface area (Å²) < 4.78 is 51.0. The summed E-state index contributed by atoms with van der Waals surface area (Å²) in [5, 5.41) is 0. The van der Waals surface area contributed by atoms with Crippen LogP contribution in [0.1, 0.15) is 45.2 Å². The Kier molecular flexibility index (Phi) is 3.67. The Morgan fingerprint density at radius 3 is 2.00 bits per heavy atom. The van der Waals surface area contributed by atoms with E-state index in [9.17, 15) is 13.2 Å². The molecule has 1 aromatic rings. The zero-order valence-corrected chi connectivity index (χ0v) is 12.3. The van der Waals surface area contributed by atoms with E-state index in [4.69, 9.17) is 9.31 Å². The molecule has 1 fully saturated rings. The zero-order chi connectivity index (χ0) is 15.3. The number of hydrogen-bond acceptors (Lipinski definition) is 2. The van der Waals surface area contributed by atoms with Gasteiger partial charge in [-0.05, 0) is 51.7 Å². The topological polar surface area (TPSA) is 18.5 Å². The lowest BCUT2D eigenvalue weighted by molar-refractivity contribution is 0.00578. The average molecular weight is 286 g/mol. The zero-order valence-electron chi connectivity index (χ0n) is 12.3. The molecule has 1 heterocycles. The van der Waals surface area contributed by atoms with Gasteiger partial charge in [-0.1, -0.05) is 6.07 Å². The first-order valence-electron chi connectivity index (χ1n) is 6.49. The van der Waals surface area contributed by atoms with E-state index in [1.165, 1.54) is 13.0 Å². The van der Waals surface area contributed by atoms with Crippen molar-refractivity contribution in [1.82, 2.24) is 0 Å². The number of benzene rings is 1. The summed E-state index contributed by atoms with van der Waals surface area (Å²) in [6.07, 6.45) is -2.73. The van der Waals surface area contributed by atoms with Gasteiger partial charge in [0, 0.05) is 5.56 Å². The fraction of sp³-hybridized carbons (Fsp3) is 0.571. The van der Waals surface area contributed by atoms with Gasteiger partial charge >= 0.3 is 7.12 Å². The summed E-state index contributed by atoms with van der Waals surface area (Å²) in [6.45, 7) is 8.96.